The van der Waals surface area contributed by atoms with Crippen molar-refractivity contribution in [3.8, 4) is 0 Å². The van der Waals surface area contributed by atoms with E-state index in [1.807, 2.05) is 25.1 Å². The maximum Gasteiger partial charge on any atom is 0.340 e. The number of methoxy groups -OCH3 is 1. The number of nitrogens with two attached hydrogens (primary N) is 1. The molecule has 6 heteroatoms. The van der Waals surface area contributed by atoms with Crippen LogP contribution in [-0.4, -0.2) is 13.1 Å². The zero-order valence-electron chi connectivity index (χ0n) is 11.5. The normalized spacial score (nSPS) is 10.3. The summed E-state index contributed by atoms with van der Waals surface area (Å²) in [5.41, 5.74) is 8.74. The number of esters is 1. The summed E-state index contributed by atoms with van der Waals surface area (Å²) in [6.07, 6.45) is 0. The van der Waals surface area contributed by atoms with Crippen molar-refractivity contribution in [3.05, 3.63) is 51.0 Å². The minimum Gasteiger partial charge on any atom is -0.465 e. The fourth-order valence-electron chi connectivity index (χ4n) is 1.90. The second-order valence-electron chi connectivity index (χ2n) is 4.45. The first kappa shape index (κ1) is 15.7. The van der Waals surface area contributed by atoms with Crippen LogP contribution in [0.1, 0.15) is 15.9 Å². The zero-order chi connectivity index (χ0) is 15.6. The summed E-state index contributed by atoms with van der Waals surface area (Å²) in [6.45, 7) is 1.95. The number of benzene rings is 2. The molecule has 0 fully saturated rings. The molecule has 2 aromatic carbocycles. The quantitative estimate of drug-likeness (QED) is 0.616. The molecular formula is C15H14BrClN2O2. The van der Waals surface area contributed by atoms with E-state index < -0.39 is 5.97 Å². The molecule has 0 saturated carbocycles. The number of halogens is 2. The summed E-state index contributed by atoms with van der Waals surface area (Å²) in [5.74, 6) is -0.501. The summed E-state index contributed by atoms with van der Waals surface area (Å²) in [7, 11) is 1.31. The molecule has 0 spiro atoms. The fourth-order valence-corrected chi connectivity index (χ4v) is 2.54. The van der Waals surface area contributed by atoms with Crippen LogP contribution in [0.15, 0.2) is 34.8 Å². The summed E-state index contributed by atoms with van der Waals surface area (Å²) in [5, 5.41) is 3.53. The number of hydrogen-bond donors (Lipinski definition) is 2. The summed E-state index contributed by atoms with van der Waals surface area (Å²) >= 11 is 9.68. The van der Waals surface area contributed by atoms with Gasteiger partial charge in [0.2, 0.25) is 0 Å². The molecule has 3 N–H and O–H groups in total. The lowest BCUT2D eigenvalue weighted by molar-refractivity contribution is 0.0602. The SMILES string of the molecule is COC(=O)c1cc(N)cc(Cl)c1Nc1cccc(Br)c1C. The Balaban J connectivity index is 2.53. The lowest BCUT2D eigenvalue weighted by Gasteiger charge is -2.15. The lowest BCUT2D eigenvalue weighted by atomic mass is 10.1. The molecule has 4 nitrogen and oxygen atoms in total. The van der Waals surface area contributed by atoms with Crippen molar-refractivity contribution in [1.29, 1.82) is 0 Å². The highest BCUT2D eigenvalue weighted by Crippen LogP contribution is 2.34. The highest BCUT2D eigenvalue weighted by atomic mass is 79.9. The molecular weight excluding hydrogens is 356 g/mol. The van der Waals surface area contributed by atoms with Crippen LogP contribution in [-0.2, 0) is 4.74 Å². The Morgan fingerprint density at radius 2 is 2.10 bits per heavy atom. The molecule has 2 rings (SSSR count). The number of hydrogen-bond acceptors (Lipinski definition) is 4. The van der Waals surface area contributed by atoms with Crippen LogP contribution in [0.3, 0.4) is 0 Å². The van der Waals surface area contributed by atoms with Crippen molar-refractivity contribution in [2.75, 3.05) is 18.2 Å². The number of rotatable bonds is 3. The van der Waals surface area contributed by atoms with E-state index in [2.05, 4.69) is 21.2 Å². The van der Waals surface area contributed by atoms with E-state index in [1.54, 1.807) is 6.07 Å². The number of carbonyl (C=O) groups is 1. The smallest absolute Gasteiger partial charge is 0.340 e. The fraction of sp³-hybridized carbons (Fsp3) is 0.133. The first-order valence-electron chi connectivity index (χ1n) is 6.13. The number of nitrogen functional groups attached to an aromatic ring is 1. The van der Waals surface area contributed by atoms with E-state index in [0.717, 1.165) is 15.7 Å². The third-order valence-corrected chi connectivity index (χ3v) is 4.20. The molecule has 0 aromatic heterocycles. The molecule has 0 unspecified atom stereocenters. The van der Waals surface area contributed by atoms with E-state index >= 15 is 0 Å². The molecule has 0 aliphatic carbocycles. The number of ether oxygens (including phenoxy) is 1. The van der Waals surface area contributed by atoms with Crippen molar-refractivity contribution >= 4 is 50.6 Å². The standard InChI is InChI=1S/C15H14BrClN2O2/c1-8-11(16)4-3-5-13(8)19-14-10(15(20)21-2)6-9(18)7-12(14)17/h3-7,19H,18H2,1-2H3. The number of nitrogens with one attached hydrogen (secondary N) is 1. The van der Waals surface area contributed by atoms with Crippen LogP contribution >= 0.6 is 27.5 Å². The Morgan fingerprint density at radius 3 is 2.76 bits per heavy atom. The van der Waals surface area contributed by atoms with Crippen molar-refractivity contribution in [2.24, 2.45) is 0 Å². The molecule has 0 heterocycles. The third-order valence-electron chi connectivity index (χ3n) is 3.05. The van der Waals surface area contributed by atoms with Crippen molar-refractivity contribution in [3.63, 3.8) is 0 Å². The molecule has 0 saturated heterocycles. The van der Waals surface area contributed by atoms with Gasteiger partial charge in [0.05, 0.1) is 23.4 Å². The zero-order valence-corrected chi connectivity index (χ0v) is 13.9. The molecule has 0 amide bonds. The lowest BCUT2D eigenvalue weighted by Crippen LogP contribution is -2.08. The van der Waals surface area contributed by atoms with Crippen molar-refractivity contribution < 1.29 is 9.53 Å². The topological polar surface area (TPSA) is 64.3 Å². The monoisotopic (exact) mass is 368 g/mol. The number of carbonyl (C=O) groups excluding carboxylic acids is 1. The third kappa shape index (κ3) is 3.31. The molecule has 0 atom stereocenters. The molecule has 0 bridgehead atoms. The summed E-state index contributed by atoms with van der Waals surface area (Å²) < 4.78 is 5.73. The van der Waals surface area contributed by atoms with Crippen LogP contribution in [0.2, 0.25) is 5.02 Å². The average molecular weight is 370 g/mol. The van der Waals surface area contributed by atoms with E-state index in [0.29, 0.717) is 22.0 Å². The number of anilines is 3. The van der Waals surface area contributed by atoms with Gasteiger partial charge in [-0.2, -0.15) is 0 Å². The van der Waals surface area contributed by atoms with E-state index in [4.69, 9.17) is 22.1 Å². The van der Waals surface area contributed by atoms with Gasteiger partial charge in [0, 0.05) is 15.8 Å². The Morgan fingerprint density at radius 1 is 1.38 bits per heavy atom. The van der Waals surface area contributed by atoms with Crippen LogP contribution in [0.4, 0.5) is 17.1 Å². The average Bonchev–Trinajstić information content (AvgIpc) is 2.45. The molecule has 0 aliphatic rings. The van der Waals surface area contributed by atoms with Gasteiger partial charge in [0.25, 0.3) is 0 Å². The van der Waals surface area contributed by atoms with Gasteiger partial charge >= 0.3 is 5.97 Å². The van der Waals surface area contributed by atoms with Gasteiger partial charge in [-0.05, 0) is 36.8 Å². The van der Waals surface area contributed by atoms with Gasteiger partial charge in [-0.25, -0.2) is 4.79 Å². The van der Waals surface area contributed by atoms with Crippen LogP contribution in [0.5, 0.6) is 0 Å². The van der Waals surface area contributed by atoms with Gasteiger partial charge in [-0.3, -0.25) is 0 Å². The van der Waals surface area contributed by atoms with Crippen LogP contribution < -0.4 is 11.1 Å². The molecule has 110 valence electrons. The Hall–Kier alpha value is -1.72. The molecule has 2 aromatic rings. The summed E-state index contributed by atoms with van der Waals surface area (Å²) in [4.78, 5) is 11.9. The Bertz CT molecular complexity index is 704. The maximum absolute atomic E-state index is 11.9. The summed E-state index contributed by atoms with van der Waals surface area (Å²) in [6, 6.07) is 8.85. The Kier molecular flexibility index (Phi) is 4.75. The largest absolute Gasteiger partial charge is 0.465 e. The highest BCUT2D eigenvalue weighted by molar-refractivity contribution is 9.10. The van der Waals surface area contributed by atoms with Gasteiger partial charge in [-0.15, -0.1) is 0 Å². The van der Waals surface area contributed by atoms with E-state index in [-0.39, 0.29) is 0 Å². The highest BCUT2D eigenvalue weighted by Gasteiger charge is 2.17. The minimum atomic E-state index is -0.501. The van der Waals surface area contributed by atoms with Gasteiger partial charge in [0.1, 0.15) is 0 Å². The molecule has 0 aliphatic heterocycles. The molecule has 0 radical (unpaired) electrons. The first-order valence-corrected chi connectivity index (χ1v) is 7.30. The maximum atomic E-state index is 11.9. The second-order valence-corrected chi connectivity index (χ2v) is 5.72. The van der Waals surface area contributed by atoms with E-state index in [9.17, 15) is 4.79 Å². The second kappa shape index (κ2) is 6.37. The Labute approximate surface area is 136 Å². The first-order chi connectivity index (χ1) is 9.93. The van der Waals surface area contributed by atoms with Gasteiger partial charge in [-0.1, -0.05) is 33.6 Å². The van der Waals surface area contributed by atoms with Gasteiger partial charge in [0.15, 0.2) is 0 Å². The predicted molar refractivity (Wildman–Crippen MR) is 89.4 cm³/mol. The minimum absolute atomic E-state index is 0.293. The van der Waals surface area contributed by atoms with Crippen molar-refractivity contribution in [2.45, 2.75) is 6.92 Å². The van der Waals surface area contributed by atoms with Gasteiger partial charge < -0.3 is 15.8 Å². The van der Waals surface area contributed by atoms with Crippen molar-refractivity contribution in [1.82, 2.24) is 0 Å². The van der Waals surface area contributed by atoms with Crippen LogP contribution in [0.25, 0.3) is 0 Å². The van der Waals surface area contributed by atoms with E-state index in [1.165, 1.54) is 13.2 Å². The molecule has 21 heavy (non-hydrogen) atoms. The van der Waals surface area contributed by atoms with Crippen LogP contribution in [0, 0.1) is 6.92 Å². The predicted octanol–water partition coefficient (Wildman–Crippen LogP) is 4.52.